The van der Waals surface area contributed by atoms with Crippen LogP contribution in [0, 0.1) is 0 Å². The van der Waals surface area contributed by atoms with Gasteiger partial charge in [-0.1, -0.05) is 18.2 Å². The van der Waals surface area contributed by atoms with Crippen LogP contribution in [0.25, 0.3) is 0 Å². The zero-order valence-electron chi connectivity index (χ0n) is 11.1. The van der Waals surface area contributed by atoms with Crippen LogP contribution in [0.4, 0.5) is 0 Å². The van der Waals surface area contributed by atoms with Gasteiger partial charge in [-0.15, -0.1) is 0 Å². The van der Waals surface area contributed by atoms with Crippen molar-refractivity contribution in [2.45, 2.75) is 6.92 Å². The van der Waals surface area contributed by atoms with Crippen molar-refractivity contribution in [2.75, 3.05) is 32.7 Å². The number of nitrogens with one attached hydrogen (secondary N) is 1. The van der Waals surface area contributed by atoms with E-state index in [9.17, 15) is 4.79 Å². The summed E-state index contributed by atoms with van der Waals surface area (Å²) in [6.07, 6.45) is 0. The van der Waals surface area contributed by atoms with Crippen LogP contribution in [0.1, 0.15) is 17.3 Å². The zero-order valence-corrected chi connectivity index (χ0v) is 11.9. The maximum absolute atomic E-state index is 12.3. The molecule has 0 bridgehead atoms. The number of carbonyl (C=O) groups is 1. The Morgan fingerprint density at radius 3 is 2.32 bits per heavy atom. The quantitative estimate of drug-likeness (QED) is 0.828. The summed E-state index contributed by atoms with van der Waals surface area (Å²) in [6.45, 7) is 5.90. The summed E-state index contributed by atoms with van der Waals surface area (Å²) in [6, 6.07) is 9.42. The highest BCUT2D eigenvalue weighted by atomic mass is 32.1. The highest BCUT2D eigenvalue weighted by molar-refractivity contribution is 7.80. The van der Waals surface area contributed by atoms with Crippen molar-refractivity contribution >= 4 is 23.2 Å². The van der Waals surface area contributed by atoms with Gasteiger partial charge in [-0.05, 0) is 31.3 Å². The standard InChI is InChI=1S/C14H19N3OS/c1-2-15-14(19)17-10-8-16(9-11-17)13(18)12-6-4-3-5-7-12/h3-7H,2,8-11H2,1H3,(H,15,19). The Hall–Kier alpha value is -1.62. The predicted molar refractivity (Wildman–Crippen MR) is 80.2 cm³/mol. The number of piperazine rings is 1. The van der Waals surface area contributed by atoms with Crippen LogP contribution in [-0.4, -0.2) is 53.5 Å². The van der Waals surface area contributed by atoms with Gasteiger partial charge < -0.3 is 15.1 Å². The number of benzene rings is 1. The molecule has 1 N–H and O–H groups in total. The Labute approximate surface area is 119 Å². The SMILES string of the molecule is CCNC(=S)N1CCN(C(=O)c2ccccc2)CC1. The maximum atomic E-state index is 12.3. The molecule has 0 radical (unpaired) electrons. The van der Waals surface area contributed by atoms with Crippen LogP contribution in [0.2, 0.25) is 0 Å². The fourth-order valence-corrected chi connectivity index (χ4v) is 2.47. The lowest BCUT2D eigenvalue weighted by Crippen LogP contribution is -2.53. The van der Waals surface area contributed by atoms with Gasteiger partial charge in [0.15, 0.2) is 5.11 Å². The van der Waals surface area contributed by atoms with Gasteiger partial charge in [-0.2, -0.15) is 0 Å². The number of rotatable bonds is 2. The molecule has 0 saturated carbocycles. The lowest BCUT2D eigenvalue weighted by atomic mass is 10.2. The summed E-state index contributed by atoms with van der Waals surface area (Å²) < 4.78 is 0. The Kier molecular flexibility index (Phi) is 4.74. The maximum Gasteiger partial charge on any atom is 0.253 e. The Morgan fingerprint density at radius 2 is 1.74 bits per heavy atom. The summed E-state index contributed by atoms with van der Waals surface area (Å²) in [7, 11) is 0. The van der Waals surface area contributed by atoms with E-state index < -0.39 is 0 Å². The number of amides is 1. The van der Waals surface area contributed by atoms with Gasteiger partial charge in [-0.3, -0.25) is 4.79 Å². The second-order valence-corrected chi connectivity index (χ2v) is 4.87. The third kappa shape index (κ3) is 3.44. The van der Waals surface area contributed by atoms with E-state index >= 15 is 0 Å². The fourth-order valence-electron chi connectivity index (χ4n) is 2.14. The molecule has 1 heterocycles. The molecule has 0 spiro atoms. The number of hydrogen-bond acceptors (Lipinski definition) is 2. The lowest BCUT2D eigenvalue weighted by molar-refractivity contribution is 0.0691. The zero-order chi connectivity index (χ0) is 13.7. The van der Waals surface area contributed by atoms with E-state index in [4.69, 9.17) is 12.2 Å². The third-order valence-corrected chi connectivity index (χ3v) is 3.61. The number of carbonyl (C=O) groups excluding carboxylic acids is 1. The van der Waals surface area contributed by atoms with Crippen LogP contribution in [0.15, 0.2) is 30.3 Å². The molecule has 0 aromatic heterocycles. The van der Waals surface area contributed by atoms with Crippen LogP contribution >= 0.6 is 12.2 Å². The average Bonchev–Trinajstić information content (AvgIpc) is 2.48. The number of nitrogens with zero attached hydrogens (tertiary/aromatic N) is 2. The molecular formula is C14H19N3OS. The number of hydrogen-bond donors (Lipinski definition) is 1. The van der Waals surface area contributed by atoms with Crippen molar-refractivity contribution in [1.29, 1.82) is 0 Å². The summed E-state index contributed by atoms with van der Waals surface area (Å²) in [5, 5.41) is 3.93. The first-order valence-electron chi connectivity index (χ1n) is 6.59. The molecule has 0 atom stereocenters. The molecule has 1 fully saturated rings. The largest absolute Gasteiger partial charge is 0.363 e. The van der Waals surface area contributed by atoms with E-state index in [1.54, 1.807) is 0 Å². The predicted octanol–water partition coefficient (Wildman–Crippen LogP) is 1.34. The van der Waals surface area contributed by atoms with Crippen molar-refractivity contribution in [2.24, 2.45) is 0 Å². The van der Waals surface area contributed by atoms with E-state index in [0.717, 1.165) is 43.4 Å². The van der Waals surface area contributed by atoms with E-state index in [-0.39, 0.29) is 5.91 Å². The van der Waals surface area contributed by atoms with E-state index in [2.05, 4.69) is 10.2 Å². The minimum Gasteiger partial charge on any atom is -0.363 e. The first kappa shape index (κ1) is 13.8. The highest BCUT2D eigenvalue weighted by Gasteiger charge is 2.22. The molecular weight excluding hydrogens is 258 g/mol. The summed E-state index contributed by atoms with van der Waals surface area (Å²) >= 11 is 5.28. The molecule has 5 heteroatoms. The van der Waals surface area contributed by atoms with Gasteiger partial charge in [0, 0.05) is 38.3 Å². The smallest absolute Gasteiger partial charge is 0.253 e. The molecule has 1 aliphatic heterocycles. The van der Waals surface area contributed by atoms with Gasteiger partial charge in [0.25, 0.3) is 5.91 Å². The monoisotopic (exact) mass is 277 g/mol. The minimum atomic E-state index is 0.106. The van der Waals surface area contributed by atoms with Gasteiger partial charge in [0.05, 0.1) is 0 Å². The number of thiocarbonyl (C=S) groups is 1. The van der Waals surface area contributed by atoms with Gasteiger partial charge in [0.2, 0.25) is 0 Å². The van der Waals surface area contributed by atoms with Crippen LogP contribution in [0.5, 0.6) is 0 Å². The van der Waals surface area contributed by atoms with Crippen molar-refractivity contribution in [3.63, 3.8) is 0 Å². The lowest BCUT2D eigenvalue weighted by Gasteiger charge is -2.36. The summed E-state index contributed by atoms with van der Waals surface area (Å²) in [4.78, 5) is 16.3. The molecule has 4 nitrogen and oxygen atoms in total. The second kappa shape index (κ2) is 6.52. The van der Waals surface area contributed by atoms with Crippen molar-refractivity contribution < 1.29 is 4.79 Å². The van der Waals surface area contributed by atoms with E-state index in [1.807, 2.05) is 42.2 Å². The molecule has 102 valence electrons. The third-order valence-electron chi connectivity index (χ3n) is 3.20. The van der Waals surface area contributed by atoms with E-state index in [0.29, 0.717) is 0 Å². The Morgan fingerprint density at radius 1 is 1.16 bits per heavy atom. The topological polar surface area (TPSA) is 35.6 Å². The second-order valence-electron chi connectivity index (χ2n) is 4.48. The molecule has 1 aromatic rings. The van der Waals surface area contributed by atoms with Crippen LogP contribution in [0.3, 0.4) is 0 Å². The molecule has 1 saturated heterocycles. The first-order chi connectivity index (χ1) is 9.22. The van der Waals surface area contributed by atoms with E-state index in [1.165, 1.54) is 0 Å². The molecule has 2 rings (SSSR count). The molecule has 1 aromatic carbocycles. The average molecular weight is 277 g/mol. The minimum absolute atomic E-state index is 0.106. The van der Waals surface area contributed by atoms with Gasteiger partial charge in [0.1, 0.15) is 0 Å². The summed E-state index contributed by atoms with van der Waals surface area (Å²) in [5.41, 5.74) is 0.755. The van der Waals surface area contributed by atoms with Gasteiger partial charge >= 0.3 is 0 Å². The highest BCUT2D eigenvalue weighted by Crippen LogP contribution is 2.08. The Balaban J connectivity index is 1.90. The Bertz CT molecular complexity index is 441. The van der Waals surface area contributed by atoms with Crippen LogP contribution in [-0.2, 0) is 0 Å². The molecule has 19 heavy (non-hydrogen) atoms. The van der Waals surface area contributed by atoms with Crippen LogP contribution < -0.4 is 5.32 Å². The summed E-state index contributed by atoms with van der Waals surface area (Å²) in [5.74, 6) is 0.106. The van der Waals surface area contributed by atoms with Crippen molar-refractivity contribution in [1.82, 2.24) is 15.1 Å². The molecule has 0 unspecified atom stereocenters. The van der Waals surface area contributed by atoms with Gasteiger partial charge in [-0.25, -0.2) is 0 Å². The first-order valence-corrected chi connectivity index (χ1v) is 7.00. The van der Waals surface area contributed by atoms with Crippen molar-refractivity contribution in [3.8, 4) is 0 Å². The molecule has 0 aliphatic carbocycles. The normalized spacial score (nSPS) is 15.2. The fraction of sp³-hybridized carbons (Fsp3) is 0.429. The molecule has 1 amide bonds. The van der Waals surface area contributed by atoms with Crippen molar-refractivity contribution in [3.05, 3.63) is 35.9 Å². The molecule has 1 aliphatic rings.